The minimum Gasteiger partial charge on any atom is -0.377 e. The summed E-state index contributed by atoms with van der Waals surface area (Å²) >= 11 is 0. The first-order valence-electron chi connectivity index (χ1n) is 5.32. The first kappa shape index (κ1) is 10.6. The first-order valence-corrected chi connectivity index (χ1v) is 5.32. The molecule has 0 aromatic carbocycles. The molecule has 0 saturated heterocycles. The van der Waals surface area contributed by atoms with E-state index in [2.05, 4.69) is 33.6 Å². The van der Waals surface area contributed by atoms with E-state index in [4.69, 9.17) is 4.74 Å². The van der Waals surface area contributed by atoms with Crippen LogP contribution < -0.4 is 0 Å². The Morgan fingerprint density at radius 3 is 2.93 bits per heavy atom. The first-order chi connectivity index (χ1) is 7.22. The van der Waals surface area contributed by atoms with Crippen LogP contribution in [-0.4, -0.2) is 46.4 Å². The zero-order valence-corrected chi connectivity index (χ0v) is 9.60. The zero-order valence-electron chi connectivity index (χ0n) is 9.60. The summed E-state index contributed by atoms with van der Waals surface area (Å²) in [5, 5.41) is 8.38. The van der Waals surface area contributed by atoms with E-state index < -0.39 is 0 Å². The van der Waals surface area contributed by atoms with Crippen LogP contribution in [0.15, 0.2) is 0 Å². The van der Waals surface area contributed by atoms with Crippen molar-refractivity contribution in [3.8, 4) is 0 Å². The molecule has 0 fully saturated rings. The number of rotatable bonds is 2. The molecule has 0 spiro atoms. The highest BCUT2D eigenvalue weighted by Crippen LogP contribution is 2.13. The van der Waals surface area contributed by atoms with Crippen LogP contribution in [-0.2, 0) is 24.3 Å². The molecule has 2 rings (SSSR count). The fraction of sp³-hybridized carbons (Fsp3) is 0.800. The zero-order chi connectivity index (χ0) is 10.8. The van der Waals surface area contributed by atoms with Gasteiger partial charge in [-0.15, -0.1) is 10.2 Å². The lowest BCUT2D eigenvalue weighted by Gasteiger charge is -2.20. The third-order valence-corrected chi connectivity index (χ3v) is 3.08. The molecule has 5 heteroatoms. The Kier molecular flexibility index (Phi) is 3.02. The van der Waals surface area contributed by atoms with Gasteiger partial charge in [0.2, 0.25) is 0 Å². The predicted octanol–water partition coefficient (Wildman–Crippen LogP) is 0.301. The van der Waals surface area contributed by atoms with E-state index in [1.807, 2.05) is 0 Å². The molecule has 1 aliphatic heterocycles. The second-order valence-electron chi connectivity index (χ2n) is 4.15. The van der Waals surface area contributed by atoms with Crippen molar-refractivity contribution >= 4 is 0 Å². The Labute approximate surface area is 90.0 Å². The second-order valence-corrected chi connectivity index (χ2v) is 4.15. The van der Waals surface area contributed by atoms with Crippen LogP contribution in [0, 0.1) is 0 Å². The van der Waals surface area contributed by atoms with Gasteiger partial charge in [0.25, 0.3) is 0 Å². The summed E-state index contributed by atoms with van der Waals surface area (Å²) in [6, 6.07) is 0.533. The van der Waals surface area contributed by atoms with Crippen molar-refractivity contribution in [2.24, 2.45) is 0 Å². The third kappa shape index (κ3) is 2.03. The molecule has 1 aromatic heterocycles. The smallest absolute Gasteiger partial charge is 0.159 e. The third-order valence-electron chi connectivity index (χ3n) is 3.08. The number of hydrogen-bond donors (Lipinski definition) is 0. The summed E-state index contributed by atoms with van der Waals surface area (Å²) in [6.45, 7) is 4.77. The van der Waals surface area contributed by atoms with Crippen molar-refractivity contribution in [2.45, 2.75) is 32.5 Å². The molecule has 0 aliphatic carbocycles. The predicted molar refractivity (Wildman–Crippen MR) is 56.5 cm³/mol. The molecule has 0 amide bonds. The van der Waals surface area contributed by atoms with E-state index >= 15 is 0 Å². The van der Waals surface area contributed by atoms with Crippen LogP contribution >= 0.6 is 0 Å². The van der Waals surface area contributed by atoms with Gasteiger partial charge in [0.1, 0.15) is 12.4 Å². The van der Waals surface area contributed by atoms with Gasteiger partial charge in [0.05, 0.1) is 0 Å². The van der Waals surface area contributed by atoms with Crippen molar-refractivity contribution in [1.82, 2.24) is 19.7 Å². The molecule has 15 heavy (non-hydrogen) atoms. The Morgan fingerprint density at radius 1 is 1.40 bits per heavy atom. The number of methoxy groups -OCH3 is 1. The van der Waals surface area contributed by atoms with Gasteiger partial charge < -0.3 is 14.2 Å². The molecule has 1 atom stereocenters. The summed E-state index contributed by atoms with van der Waals surface area (Å²) in [7, 11) is 3.84. The van der Waals surface area contributed by atoms with Crippen LogP contribution in [0.3, 0.4) is 0 Å². The van der Waals surface area contributed by atoms with Crippen LogP contribution in [0.5, 0.6) is 0 Å². The van der Waals surface area contributed by atoms with E-state index in [1.54, 1.807) is 7.11 Å². The summed E-state index contributed by atoms with van der Waals surface area (Å²) < 4.78 is 7.29. The normalized spacial score (nSPS) is 22.5. The fourth-order valence-corrected chi connectivity index (χ4v) is 1.92. The monoisotopic (exact) mass is 210 g/mol. The summed E-state index contributed by atoms with van der Waals surface area (Å²) in [6.07, 6.45) is 0.965. The molecule has 0 N–H and O–H groups in total. The van der Waals surface area contributed by atoms with Crippen molar-refractivity contribution in [3.05, 3.63) is 11.6 Å². The number of hydrogen-bond acceptors (Lipinski definition) is 4. The topological polar surface area (TPSA) is 43.2 Å². The Hall–Kier alpha value is -0.940. The second kappa shape index (κ2) is 4.28. The van der Waals surface area contributed by atoms with Crippen molar-refractivity contribution in [3.63, 3.8) is 0 Å². The summed E-state index contributed by atoms with van der Waals surface area (Å²) in [4.78, 5) is 2.35. The number of ether oxygens (including phenoxy) is 1. The van der Waals surface area contributed by atoms with Gasteiger partial charge in [-0.05, 0) is 14.0 Å². The van der Waals surface area contributed by atoms with Gasteiger partial charge in [0, 0.05) is 32.7 Å². The summed E-state index contributed by atoms with van der Waals surface area (Å²) in [5.74, 6) is 2.02. The maximum atomic E-state index is 5.11. The Balaban J connectivity index is 2.23. The van der Waals surface area contributed by atoms with E-state index in [-0.39, 0.29) is 0 Å². The average molecular weight is 210 g/mol. The lowest BCUT2D eigenvalue weighted by atomic mass is 10.2. The molecule has 1 aromatic rings. The molecule has 5 nitrogen and oxygen atoms in total. The van der Waals surface area contributed by atoms with E-state index in [9.17, 15) is 0 Å². The molecule has 84 valence electrons. The van der Waals surface area contributed by atoms with Gasteiger partial charge in [-0.3, -0.25) is 0 Å². The molecular weight excluding hydrogens is 192 g/mol. The number of fused-ring (bicyclic) bond motifs is 1. The van der Waals surface area contributed by atoms with Crippen LogP contribution in [0.2, 0.25) is 0 Å². The van der Waals surface area contributed by atoms with Gasteiger partial charge in [-0.2, -0.15) is 0 Å². The molecule has 0 saturated carbocycles. The van der Waals surface area contributed by atoms with Crippen LogP contribution in [0.25, 0.3) is 0 Å². The minimum absolute atomic E-state index is 0.533. The fourth-order valence-electron chi connectivity index (χ4n) is 1.92. The molecule has 1 aliphatic rings. The molecule has 2 heterocycles. The van der Waals surface area contributed by atoms with Gasteiger partial charge >= 0.3 is 0 Å². The summed E-state index contributed by atoms with van der Waals surface area (Å²) in [5.41, 5.74) is 0. The Bertz CT molecular complexity index is 336. The molecule has 0 unspecified atom stereocenters. The molecule has 0 bridgehead atoms. The van der Waals surface area contributed by atoms with E-state index in [0.29, 0.717) is 12.6 Å². The molecular formula is C10H18N4O. The highest BCUT2D eigenvalue weighted by Gasteiger charge is 2.21. The standard InChI is InChI=1S/C10H18N4O/c1-8-6-9-11-12-10(7-15-3)14(9)5-4-13(8)2/h8H,4-7H2,1-3H3/t8-/m0/s1. The lowest BCUT2D eigenvalue weighted by Crippen LogP contribution is -2.30. The molecule has 0 radical (unpaired) electrons. The van der Waals surface area contributed by atoms with Gasteiger partial charge in [-0.1, -0.05) is 0 Å². The van der Waals surface area contributed by atoms with Gasteiger partial charge in [0.15, 0.2) is 5.82 Å². The largest absolute Gasteiger partial charge is 0.377 e. The Morgan fingerprint density at radius 2 is 2.20 bits per heavy atom. The van der Waals surface area contributed by atoms with E-state index in [1.165, 1.54) is 0 Å². The average Bonchev–Trinajstić information content (AvgIpc) is 2.51. The van der Waals surface area contributed by atoms with Crippen molar-refractivity contribution < 1.29 is 4.74 Å². The maximum absolute atomic E-state index is 5.11. The van der Waals surface area contributed by atoms with Crippen molar-refractivity contribution in [2.75, 3.05) is 20.7 Å². The SMILES string of the molecule is COCc1nnc2n1CCN(C)[C@@H](C)C2. The highest BCUT2D eigenvalue weighted by molar-refractivity contribution is 4.99. The van der Waals surface area contributed by atoms with Crippen LogP contribution in [0.4, 0.5) is 0 Å². The lowest BCUT2D eigenvalue weighted by molar-refractivity contribution is 0.173. The number of aromatic nitrogens is 3. The number of nitrogens with zero attached hydrogens (tertiary/aromatic N) is 4. The van der Waals surface area contributed by atoms with Crippen molar-refractivity contribution in [1.29, 1.82) is 0 Å². The minimum atomic E-state index is 0.533. The highest BCUT2D eigenvalue weighted by atomic mass is 16.5. The van der Waals surface area contributed by atoms with Crippen LogP contribution in [0.1, 0.15) is 18.6 Å². The number of likely N-dealkylation sites (N-methyl/N-ethyl adjacent to an activating group) is 1. The maximum Gasteiger partial charge on any atom is 0.159 e. The van der Waals surface area contributed by atoms with Gasteiger partial charge in [-0.25, -0.2) is 0 Å². The van der Waals surface area contributed by atoms with E-state index in [0.717, 1.165) is 31.2 Å². The quantitative estimate of drug-likeness (QED) is 0.704.